The number of aromatic nitrogens is 2. The van der Waals surface area contributed by atoms with Gasteiger partial charge in [-0.05, 0) is 62.1 Å². The number of pyridine rings is 1. The normalized spacial score (nSPS) is 14.6. The monoisotopic (exact) mass is 391 g/mol. The number of anilines is 4. The van der Waals surface area contributed by atoms with Crippen molar-refractivity contribution < 1.29 is 9.32 Å². The first-order chi connectivity index (χ1) is 14.1. The lowest BCUT2D eigenvalue weighted by molar-refractivity contribution is 0.102. The second kappa shape index (κ2) is 8.34. The molecule has 2 aromatic heterocycles. The van der Waals surface area contributed by atoms with E-state index < -0.39 is 0 Å². The molecule has 1 aliphatic rings. The summed E-state index contributed by atoms with van der Waals surface area (Å²) in [6.07, 6.45) is 4.15. The summed E-state index contributed by atoms with van der Waals surface area (Å²) < 4.78 is 4.94. The van der Waals surface area contributed by atoms with Crippen molar-refractivity contribution in [1.29, 1.82) is 0 Å². The molecule has 0 bridgehead atoms. The van der Waals surface area contributed by atoms with Crippen LogP contribution in [0, 0.1) is 12.8 Å². The number of nitrogens with zero attached hydrogens (tertiary/aromatic N) is 3. The Morgan fingerprint density at radius 1 is 1.10 bits per heavy atom. The van der Waals surface area contributed by atoms with E-state index in [1.54, 1.807) is 25.3 Å². The van der Waals surface area contributed by atoms with Crippen LogP contribution in [0.4, 0.5) is 22.9 Å². The quantitative estimate of drug-likeness (QED) is 0.661. The molecule has 2 N–H and O–H groups in total. The number of rotatable bonds is 5. The number of amides is 1. The number of hydrogen-bond donors (Lipinski definition) is 2. The highest BCUT2D eigenvalue weighted by atomic mass is 16.5. The van der Waals surface area contributed by atoms with E-state index in [1.165, 1.54) is 18.5 Å². The molecule has 1 saturated heterocycles. The second-order valence-corrected chi connectivity index (χ2v) is 7.55. The Bertz CT molecular complexity index is 958. The van der Waals surface area contributed by atoms with Crippen LogP contribution in [-0.4, -0.2) is 29.1 Å². The summed E-state index contributed by atoms with van der Waals surface area (Å²) in [7, 11) is 0. The van der Waals surface area contributed by atoms with Gasteiger partial charge in [-0.1, -0.05) is 12.1 Å². The molecule has 0 unspecified atom stereocenters. The van der Waals surface area contributed by atoms with E-state index in [-0.39, 0.29) is 5.91 Å². The molecule has 3 aromatic rings. The molecule has 1 fully saturated rings. The van der Waals surface area contributed by atoms with Crippen LogP contribution in [0.15, 0.2) is 53.2 Å². The Morgan fingerprint density at radius 2 is 1.83 bits per heavy atom. The zero-order valence-corrected chi connectivity index (χ0v) is 16.7. The minimum atomic E-state index is -0.329. The molecule has 7 nitrogen and oxygen atoms in total. The summed E-state index contributed by atoms with van der Waals surface area (Å²) in [5.74, 6) is 1.50. The zero-order valence-electron chi connectivity index (χ0n) is 16.7. The highest BCUT2D eigenvalue weighted by Gasteiger charge is 2.16. The Balaban J connectivity index is 1.35. The van der Waals surface area contributed by atoms with Gasteiger partial charge in [-0.25, -0.2) is 4.98 Å². The van der Waals surface area contributed by atoms with Crippen LogP contribution in [0.1, 0.15) is 36.0 Å². The SMILES string of the molecule is Cc1cc(NC(=O)c2ccc(Nc3ccc(N4CCC(C)CC4)cc3)cn2)no1. The summed E-state index contributed by atoms with van der Waals surface area (Å²) in [4.78, 5) is 18.9. The number of nitrogens with one attached hydrogen (secondary N) is 2. The molecule has 1 aromatic carbocycles. The third kappa shape index (κ3) is 4.74. The molecule has 0 spiro atoms. The van der Waals surface area contributed by atoms with E-state index in [4.69, 9.17) is 4.52 Å². The Kier molecular flexibility index (Phi) is 5.46. The minimum absolute atomic E-state index is 0.311. The molecule has 0 saturated carbocycles. The van der Waals surface area contributed by atoms with Gasteiger partial charge in [0.15, 0.2) is 5.82 Å². The second-order valence-electron chi connectivity index (χ2n) is 7.55. The van der Waals surface area contributed by atoms with Gasteiger partial charge >= 0.3 is 0 Å². The van der Waals surface area contributed by atoms with Gasteiger partial charge in [0.05, 0.1) is 11.9 Å². The van der Waals surface area contributed by atoms with Gasteiger partial charge < -0.3 is 20.1 Å². The van der Waals surface area contributed by atoms with Crippen molar-refractivity contribution >= 4 is 28.8 Å². The molecule has 0 atom stereocenters. The lowest BCUT2D eigenvalue weighted by Gasteiger charge is -2.32. The van der Waals surface area contributed by atoms with E-state index in [2.05, 4.69) is 56.9 Å². The highest BCUT2D eigenvalue weighted by molar-refractivity contribution is 6.02. The summed E-state index contributed by atoms with van der Waals surface area (Å²) in [5, 5.41) is 9.73. The molecule has 150 valence electrons. The fourth-order valence-electron chi connectivity index (χ4n) is 3.40. The summed E-state index contributed by atoms with van der Waals surface area (Å²) in [6, 6.07) is 13.6. The number of carbonyl (C=O) groups excluding carboxylic acids is 1. The summed E-state index contributed by atoms with van der Waals surface area (Å²) in [6.45, 7) is 6.33. The van der Waals surface area contributed by atoms with Crippen molar-refractivity contribution in [3.63, 3.8) is 0 Å². The molecular weight excluding hydrogens is 366 g/mol. The molecule has 7 heteroatoms. The lowest BCUT2D eigenvalue weighted by Crippen LogP contribution is -2.32. The zero-order chi connectivity index (χ0) is 20.2. The minimum Gasteiger partial charge on any atom is -0.372 e. The largest absolute Gasteiger partial charge is 0.372 e. The fourth-order valence-corrected chi connectivity index (χ4v) is 3.40. The number of hydrogen-bond acceptors (Lipinski definition) is 6. The summed E-state index contributed by atoms with van der Waals surface area (Å²) >= 11 is 0. The fraction of sp³-hybridized carbons (Fsp3) is 0.318. The number of aryl methyl sites for hydroxylation is 1. The van der Waals surface area contributed by atoms with E-state index in [1.807, 2.05) is 6.07 Å². The van der Waals surface area contributed by atoms with Crippen LogP contribution in [0.5, 0.6) is 0 Å². The predicted octanol–water partition coefficient (Wildman–Crippen LogP) is 4.61. The van der Waals surface area contributed by atoms with Crippen molar-refractivity contribution in [2.75, 3.05) is 28.6 Å². The van der Waals surface area contributed by atoms with E-state index in [0.717, 1.165) is 30.4 Å². The summed E-state index contributed by atoms with van der Waals surface area (Å²) in [5.41, 5.74) is 3.37. The van der Waals surface area contributed by atoms with Gasteiger partial charge in [0, 0.05) is 30.5 Å². The molecular formula is C22H25N5O2. The van der Waals surface area contributed by atoms with Gasteiger partial charge in [0.1, 0.15) is 11.5 Å². The maximum absolute atomic E-state index is 12.2. The van der Waals surface area contributed by atoms with Crippen LogP contribution in [0.2, 0.25) is 0 Å². The van der Waals surface area contributed by atoms with Crippen molar-refractivity contribution in [3.8, 4) is 0 Å². The third-order valence-electron chi connectivity index (χ3n) is 5.17. The molecule has 1 amide bonds. The number of benzene rings is 1. The van der Waals surface area contributed by atoms with Gasteiger partial charge in [-0.3, -0.25) is 4.79 Å². The smallest absolute Gasteiger partial charge is 0.275 e. The highest BCUT2D eigenvalue weighted by Crippen LogP contribution is 2.25. The van der Waals surface area contributed by atoms with Crippen molar-refractivity contribution in [3.05, 3.63) is 60.1 Å². The van der Waals surface area contributed by atoms with Crippen molar-refractivity contribution in [2.24, 2.45) is 5.92 Å². The molecule has 1 aliphatic heterocycles. The average Bonchev–Trinajstić information content (AvgIpc) is 3.14. The molecule has 0 aliphatic carbocycles. The molecule has 3 heterocycles. The average molecular weight is 391 g/mol. The van der Waals surface area contributed by atoms with Gasteiger partial charge in [-0.15, -0.1) is 0 Å². The van der Waals surface area contributed by atoms with Crippen LogP contribution in [0.3, 0.4) is 0 Å². The van der Waals surface area contributed by atoms with E-state index in [0.29, 0.717) is 17.3 Å². The third-order valence-corrected chi connectivity index (χ3v) is 5.17. The maximum Gasteiger partial charge on any atom is 0.275 e. The maximum atomic E-state index is 12.2. The van der Waals surface area contributed by atoms with Gasteiger partial charge in [0.25, 0.3) is 5.91 Å². The van der Waals surface area contributed by atoms with Crippen molar-refractivity contribution in [1.82, 2.24) is 10.1 Å². The van der Waals surface area contributed by atoms with Gasteiger partial charge in [0.2, 0.25) is 0 Å². The predicted molar refractivity (Wildman–Crippen MR) is 114 cm³/mol. The molecule has 29 heavy (non-hydrogen) atoms. The number of piperidine rings is 1. The Labute approximate surface area is 170 Å². The van der Waals surface area contributed by atoms with E-state index in [9.17, 15) is 4.79 Å². The van der Waals surface area contributed by atoms with Crippen molar-refractivity contribution in [2.45, 2.75) is 26.7 Å². The topological polar surface area (TPSA) is 83.3 Å². The Morgan fingerprint density at radius 3 is 2.45 bits per heavy atom. The number of carbonyl (C=O) groups is 1. The van der Waals surface area contributed by atoms with Crippen LogP contribution in [0.25, 0.3) is 0 Å². The first-order valence-electron chi connectivity index (χ1n) is 9.89. The Hall–Kier alpha value is -3.35. The first-order valence-corrected chi connectivity index (χ1v) is 9.89. The van der Waals surface area contributed by atoms with Crippen LogP contribution < -0.4 is 15.5 Å². The van der Waals surface area contributed by atoms with Gasteiger partial charge in [-0.2, -0.15) is 0 Å². The molecule has 4 rings (SSSR count). The molecule has 0 radical (unpaired) electrons. The standard InChI is InChI=1S/C22H25N5O2/c1-15-9-11-27(12-10-15)19-6-3-17(4-7-19)24-18-5-8-20(23-14-18)22(28)25-21-13-16(2)29-26-21/h3-8,13-15,24H,9-12H2,1-2H3,(H,25,26,28). The lowest BCUT2D eigenvalue weighted by atomic mass is 9.99. The van der Waals surface area contributed by atoms with E-state index >= 15 is 0 Å². The van der Waals surface area contributed by atoms with Crippen LogP contribution in [-0.2, 0) is 0 Å². The first kappa shape index (κ1) is 19.0. The van der Waals surface area contributed by atoms with Crippen LogP contribution >= 0.6 is 0 Å².